The summed E-state index contributed by atoms with van der Waals surface area (Å²) in [5.41, 5.74) is 6.69. The predicted molar refractivity (Wildman–Crippen MR) is 92.9 cm³/mol. The van der Waals surface area contributed by atoms with Gasteiger partial charge in [0.05, 0.1) is 13.5 Å². The standard InChI is InChI=1S/C16H21N5O5/c1-26-13(22)6-8-18-16(24)19-12-7-9-21(15(12)23)11-4-2-10(3-5-11)14(17)20-25/h2-5,12,25H,6-9H2,1H3,(H2,17,20)(H2,18,19,24). The van der Waals surface area contributed by atoms with Crippen molar-refractivity contribution in [3.8, 4) is 0 Å². The monoisotopic (exact) mass is 363 g/mol. The van der Waals surface area contributed by atoms with Crippen molar-refractivity contribution in [1.82, 2.24) is 10.6 Å². The van der Waals surface area contributed by atoms with Crippen LogP contribution in [0.5, 0.6) is 0 Å². The first-order valence-electron chi connectivity index (χ1n) is 7.96. The maximum atomic E-state index is 12.5. The number of hydrogen-bond acceptors (Lipinski definition) is 6. The van der Waals surface area contributed by atoms with Crippen molar-refractivity contribution in [2.45, 2.75) is 18.9 Å². The topological polar surface area (TPSA) is 146 Å². The SMILES string of the molecule is COC(=O)CCNC(=O)NC1CCN(c2ccc(C(N)=NO)cc2)C1=O. The summed E-state index contributed by atoms with van der Waals surface area (Å²) in [6.07, 6.45) is 0.520. The highest BCUT2D eigenvalue weighted by molar-refractivity contribution is 6.02. The number of anilines is 1. The van der Waals surface area contributed by atoms with E-state index in [9.17, 15) is 14.4 Å². The highest BCUT2D eigenvalue weighted by Crippen LogP contribution is 2.22. The zero-order chi connectivity index (χ0) is 19.1. The van der Waals surface area contributed by atoms with Crippen LogP contribution < -0.4 is 21.3 Å². The number of nitrogens with two attached hydrogens (primary N) is 1. The summed E-state index contributed by atoms with van der Waals surface area (Å²) in [5, 5.41) is 16.7. The average molecular weight is 363 g/mol. The van der Waals surface area contributed by atoms with Gasteiger partial charge >= 0.3 is 12.0 Å². The number of amides is 3. The number of rotatable bonds is 6. The molecule has 3 amide bonds. The van der Waals surface area contributed by atoms with E-state index in [0.717, 1.165) is 0 Å². The van der Waals surface area contributed by atoms with Crippen molar-refractivity contribution >= 4 is 29.4 Å². The van der Waals surface area contributed by atoms with Gasteiger partial charge in [0, 0.05) is 24.3 Å². The van der Waals surface area contributed by atoms with Crippen LogP contribution in [0.3, 0.4) is 0 Å². The van der Waals surface area contributed by atoms with Crippen LogP contribution in [0.4, 0.5) is 10.5 Å². The molecule has 0 aliphatic carbocycles. The zero-order valence-corrected chi connectivity index (χ0v) is 14.3. The zero-order valence-electron chi connectivity index (χ0n) is 14.3. The second kappa shape index (κ2) is 8.70. The molecule has 0 aromatic heterocycles. The van der Waals surface area contributed by atoms with E-state index >= 15 is 0 Å². The van der Waals surface area contributed by atoms with Crippen LogP contribution >= 0.6 is 0 Å². The van der Waals surface area contributed by atoms with Gasteiger partial charge in [-0.05, 0) is 30.7 Å². The van der Waals surface area contributed by atoms with E-state index in [4.69, 9.17) is 10.9 Å². The molecule has 10 heteroatoms. The number of ether oxygens (including phenoxy) is 1. The molecule has 2 rings (SSSR count). The molecule has 1 fully saturated rings. The average Bonchev–Trinajstić information content (AvgIpc) is 3.01. The predicted octanol–water partition coefficient (Wildman–Crippen LogP) is -0.251. The molecule has 1 aliphatic rings. The molecule has 0 bridgehead atoms. The van der Waals surface area contributed by atoms with Gasteiger partial charge in [-0.15, -0.1) is 0 Å². The number of urea groups is 1. The molecule has 1 unspecified atom stereocenters. The van der Waals surface area contributed by atoms with Gasteiger partial charge < -0.3 is 31.2 Å². The number of carbonyl (C=O) groups is 3. The number of nitrogens with zero attached hydrogens (tertiary/aromatic N) is 2. The van der Waals surface area contributed by atoms with E-state index in [2.05, 4.69) is 20.5 Å². The summed E-state index contributed by atoms with van der Waals surface area (Å²) < 4.78 is 4.48. The summed E-state index contributed by atoms with van der Waals surface area (Å²) in [4.78, 5) is 36.8. The van der Waals surface area contributed by atoms with Crippen molar-refractivity contribution in [1.29, 1.82) is 0 Å². The van der Waals surface area contributed by atoms with E-state index in [0.29, 0.717) is 24.2 Å². The number of nitrogens with one attached hydrogen (secondary N) is 2. The first-order chi connectivity index (χ1) is 12.5. The van der Waals surface area contributed by atoms with Crippen molar-refractivity contribution in [3.05, 3.63) is 29.8 Å². The van der Waals surface area contributed by atoms with Gasteiger partial charge in [-0.2, -0.15) is 0 Å². The molecule has 140 valence electrons. The number of benzene rings is 1. The molecule has 0 spiro atoms. The molecule has 0 saturated carbocycles. The second-order valence-corrected chi connectivity index (χ2v) is 5.59. The van der Waals surface area contributed by atoms with Gasteiger partial charge in [-0.1, -0.05) is 5.16 Å². The van der Waals surface area contributed by atoms with E-state index in [1.807, 2.05) is 0 Å². The van der Waals surface area contributed by atoms with Crippen molar-refractivity contribution < 1.29 is 24.3 Å². The molecule has 1 aromatic carbocycles. The van der Waals surface area contributed by atoms with Crippen LogP contribution in [0.25, 0.3) is 0 Å². The fourth-order valence-electron chi connectivity index (χ4n) is 2.53. The van der Waals surface area contributed by atoms with Crippen LogP contribution in [-0.2, 0) is 14.3 Å². The summed E-state index contributed by atoms with van der Waals surface area (Å²) in [6.45, 7) is 0.577. The number of esters is 1. The third-order valence-electron chi connectivity index (χ3n) is 3.94. The first kappa shape index (κ1) is 19.0. The Kier molecular flexibility index (Phi) is 6.36. The number of amidine groups is 1. The lowest BCUT2D eigenvalue weighted by molar-refractivity contribution is -0.140. The Morgan fingerprint density at radius 1 is 1.38 bits per heavy atom. The quantitative estimate of drug-likeness (QED) is 0.180. The van der Waals surface area contributed by atoms with E-state index in [-0.39, 0.29) is 24.7 Å². The molecule has 5 N–H and O–H groups in total. The molecule has 1 saturated heterocycles. The Hall–Kier alpha value is -3.30. The van der Waals surface area contributed by atoms with Gasteiger partial charge in [0.15, 0.2) is 5.84 Å². The summed E-state index contributed by atoms with van der Waals surface area (Å²) >= 11 is 0. The van der Waals surface area contributed by atoms with Gasteiger partial charge in [0.25, 0.3) is 0 Å². The first-order valence-corrected chi connectivity index (χ1v) is 7.96. The summed E-state index contributed by atoms with van der Waals surface area (Å²) in [6, 6.07) is 5.48. The Morgan fingerprint density at radius 2 is 2.08 bits per heavy atom. The number of oxime groups is 1. The fraction of sp³-hybridized carbons (Fsp3) is 0.375. The third-order valence-corrected chi connectivity index (χ3v) is 3.94. The van der Waals surface area contributed by atoms with E-state index in [1.54, 1.807) is 29.2 Å². The van der Waals surface area contributed by atoms with Crippen LogP contribution in [0.1, 0.15) is 18.4 Å². The minimum absolute atomic E-state index is 0.0209. The minimum Gasteiger partial charge on any atom is -0.469 e. The molecule has 26 heavy (non-hydrogen) atoms. The molecule has 1 atom stereocenters. The largest absolute Gasteiger partial charge is 0.469 e. The summed E-state index contributed by atoms with van der Waals surface area (Å²) in [7, 11) is 1.27. The smallest absolute Gasteiger partial charge is 0.315 e. The third kappa shape index (κ3) is 4.62. The molecule has 1 aromatic rings. The van der Waals surface area contributed by atoms with Crippen molar-refractivity contribution in [2.75, 3.05) is 25.1 Å². The Bertz CT molecular complexity index is 703. The van der Waals surface area contributed by atoms with Crippen LogP contribution in [0.15, 0.2) is 29.4 Å². The van der Waals surface area contributed by atoms with Gasteiger partial charge in [-0.3, -0.25) is 9.59 Å². The second-order valence-electron chi connectivity index (χ2n) is 5.59. The van der Waals surface area contributed by atoms with Gasteiger partial charge in [0.2, 0.25) is 5.91 Å². The van der Waals surface area contributed by atoms with Crippen molar-refractivity contribution in [2.24, 2.45) is 10.9 Å². The maximum Gasteiger partial charge on any atom is 0.315 e. The normalized spacial score (nSPS) is 17.1. The highest BCUT2D eigenvalue weighted by Gasteiger charge is 2.33. The lowest BCUT2D eigenvalue weighted by atomic mass is 10.2. The Balaban J connectivity index is 1.89. The molecule has 1 heterocycles. The molecule has 1 aliphatic heterocycles. The van der Waals surface area contributed by atoms with Gasteiger partial charge in [0.1, 0.15) is 6.04 Å². The Labute approximate surface area is 150 Å². The van der Waals surface area contributed by atoms with Crippen LogP contribution in [0, 0.1) is 0 Å². The lowest BCUT2D eigenvalue weighted by Gasteiger charge is -2.17. The van der Waals surface area contributed by atoms with E-state index < -0.39 is 18.0 Å². The lowest BCUT2D eigenvalue weighted by Crippen LogP contribution is -2.46. The van der Waals surface area contributed by atoms with Crippen molar-refractivity contribution in [3.63, 3.8) is 0 Å². The van der Waals surface area contributed by atoms with E-state index in [1.165, 1.54) is 7.11 Å². The maximum absolute atomic E-state index is 12.5. The number of carbonyl (C=O) groups excluding carboxylic acids is 3. The highest BCUT2D eigenvalue weighted by atomic mass is 16.5. The fourth-order valence-corrected chi connectivity index (χ4v) is 2.53. The number of methoxy groups -OCH3 is 1. The van der Waals surface area contributed by atoms with Gasteiger partial charge in [-0.25, -0.2) is 4.79 Å². The molecule has 10 nitrogen and oxygen atoms in total. The van der Waals surface area contributed by atoms with Crippen LogP contribution in [0.2, 0.25) is 0 Å². The molecule has 0 radical (unpaired) electrons. The summed E-state index contributed by atoms with van der Waals surface area (Å²) in [5.74, 6) is -0.680. The minimum atomic E-state index is -0.642. The van der Waals surface area contributed by atoms with Crippen LogP contribution in [-0.4, -0.2) is 55.2 Å². The molecular weight excluding hydrogens is 342 g/mol. The number of hydrogen-bond donors (Lipinski definition) is 4. The molecular formula is C16H21N5O5. The Morgan fingerprint density at radius 3 is 2.69 bits per heavy atom.